The number of aromatic nitrogens is 4. The van der Waals surface area contributed by atoms with Crippen LogP contribution in [0.3, 0.4) is 0 Å². The molecule has 0 unspecified atom stereocenters. The summed E-state index contributed by atoms with van der Waals surface area (Å²) >= 11 is 1.63. The molecule has 1 aliphatic heterocycles. The van der Waals surface area contributed by atoms with E-state index in [0.717, 1.165) is 48.5 Å². The highest BCUT2D eigenvalue weighted by Crippen LogP contribution is 2.40. The molecule has 0 bridgehead atoms. The molecule has 7 heteroatoms. The second kappa shape index (κ2) is 6.55. The molecule has 0 amide bonds. The van der Waals surface area contributed by atoms with Crippen LogP contribution < -0.4 is 9.80 Å². The average Bonchev–Trinajstić information content (AvgIpc) is 3.47. The minimum absolute atomic E-state index is 0.655. The van der Waals surface area contributed by atoms with Crippen LogP contribution in [0.25, 0.3) is 0 Å². The first-order chi connectivity index (χ1) is 11.7. The predicted molar refractivity (Wildman–Crippen MR) is 97.0 cm³/mol. The monoisotopic (exact) mass is 342 g/mol. The molecule has 0 N–H and O–H groups in total. The van der Waals surface area contributed by atoms with E-state index in [1.165, 1.54) is 18.5 Å². The molecule has 2 fully saturated rings. The lowest BCUT2D eigenvalue weighted by molar-refractivity contribution is 0.634. The minimum atomic E-state index is 0.655. The molecule has 126 valence electrons. The Balaban J connectivity index is 1.49. The van der Waals surface area contributed by atoms with Crippen LogP contribution in [0.2, 0.25) is 0 Å². The van der Waals surface area contributed by atoms with Crippen LogP contribution >= 0.6 is 11.8 Å². The molecule has 0 atom stereocenters. The zero-order valence-corrected chi connectivity index (χ0v) is 15.0. The predicted octanol–water partition coefficient (Wildman–Crippen LogP) is 2.50. The van der Waals surface area contributed by atoms with Gasteiger partial charge in [0.1, 0.15) is 18.0 Å². The van der Waals surface area contributed by atoms with Gasteiger partial charge in [-0.15, -0.1) is 0 Å². The lowest BCUT2D eigenvalue weighted by Crippen LogP contribution is -2.47. The summed E-state index contributed by atoms with van der Waals surface area (Å²) in [7, 11) is 0. The molecule has 0 radical (unpaired) electrons. The zero-order chi connectivity index (χ0) is 16.5. The average molecular weight is 342 g/mol. The first-order valence-corrected chi connectivity index (χ1v) is 9.66. The third-order valence-electron chi connectivity index (χ3n) is 4.66. The quantitative estimate of drug-likeness (QED) is 0.625. The van der Waals surface area contributed by atoms with Crippen molar-refractivity contribution in [3.8, 4) is 0 Å². The number of anilines is 2. The van der Waals surface area contributed by atoms with Gasteiger partial charge in [-0.2, -0.15) is 0 Å². The maximum Gasteiger partial charge on any atom is 0.189 e. The van der Waals surface area contributed by atoms with Gasteiger partial charge in [-0.05, 0) is 26.0 Å². The Morgan fingerprint density at radius 2 is 1.83 bits per heavy atom. The Bertz CT molecular complexity index is 725. The smallest absolute Gasteiger partial charge is 0.189 e. The summed E-state index contributed by atoms with van der Waals surface area (Å²) in [5.41, 5.74) is 2.35. The van der Waals surface area contributed by atoms with Crippen molar-refractivity contribution in [2.75, 3.05) is 42.2 Å². The highest BCUT2D eigenvalue weighted by atomic mass is 32.2. The van der Waals surface area contributed by atoms with Gasteiger partial charge in [0, 0.05) is 49.9 Å². The maximum atomic E-state index is 4.73. The topological polar surface area (TPSA) is 58.0 Å². The van der Waals surface area contributed by atoms with Gasteiger partial charge < -0.3 is 9.80 Å². The summed E-state index contributed by atoms with van der Waals surface area (Å²) < 4.78 is 0. The molecular weight excluding hydrogens is 320 g/mol. The number of piperazine rings is 1. The number of rotatable bonds is 4. The maximum absolute atomic E-state index is 4.73. The second-order valence-electron chi connectivity index (χ2n) is 6.42. The van der Waals surface area contributed by atoms with Gasteiger partial charge in [0.05, 0.1) is 5.69 Å². The van der Waals surface area contributed by atoms with Crippen LogP contribution in [0.4, 0.5) is 11.6 Å². The third kappa shape index (κ3) is 3.17. The van der Waals surface area contributed by atoms with E-state index in [9.17, 15) is 0 Å². The summed E-state index contributed by atoms with van der Waals surface area (Å²) in [6.45, 7) is 5.89. The second-order valence-corrected chi connectivity index (χ2v) is 7.19. The Hall–Kier alpha value is -1.89. The van der Waals surface area contributed by atoms with Gasteiger partial charge in [0.2, 0.25) is 0 Å². The van der Waals surface area contributed by atoms with Crippen molar-refractivity contribution in [1.29, 1.82) is 0 Å². The van der Waals surface area contributed by atoms with Crippen molar-refractivity contribution < 1.29 is 0 Å². The van der Waals surface area contributed by atoms with Crippen molar-refractivity contribution in [2.24, 2.45) is 0 Å². The van der Waals surface area contributed by atoms with Crippen molar-refractivity contribution in [1.82, 2.24) is 19.9 Å². The molecule has 1 aliphatic carbocycles. The van der Waals surface area contributed by atoms with Crippen molar-refractivity contribution in [3.05, 3.63) is 29.8 Å². The van der Waals surface area contributed by atoms with Crippen molar-refractivity contribution in [3.63, 3.8) is 0 Å². The van der Waals surface area contributed by atoms with Crippen LogP contribution in [0.1, 0.15) is 30.0 Å². The summed E-state index contributed by atoms with van der Waals surface area (Å²) in [6, 6.07) is 2.20. The minimum Gasteiger partial charge on any atom is -0.353 e. The fourth-order valence-electron chi connectivity index (χ4n) is 3.14. The van der Waals surface area contributed by atoms with Crippen LogP contribution in [-0.2, 0) is 0 Å². The van der Waals surface area contributed by atoms with Gasteiger partial charge in [-0.1, -0.05) is 11.8 Å². The van der Waals surface area contributed by atoms with Gasteiger partial charge in [0.25, 0.3) is 0 Å². The van der Waals surface area contributed by atoms with E-state index in [0.29, 0.717) is 5.92 Å². The number of hydrogen-bond donors (Lipinski definition) is 0. The first kappa shape index (κ1) is 15.6. The van der Waals surface area contributed by atoms with E-state index in [4.69, 9.17) is 4.98 Å². The van der Waals surface area contributed by atoms with E-state index in [-0.39, 0.29) is 0 Å². The summed E-state index contributed by atoms with van der Waals surface area (Å²) in [5.74, 6) is 2.79. The summed E-state index contributed by atoms with van der Waals surface area (Å²) in [6.07, 6.45) is 8.10. The third-order valence-corrected chi connectivity index (χ3v) is 5.21. The molecule has 2 aliphatic rings. The largest absolute Gasteiger partial charge is 0.353 e. The van der Waals surface area contributed by atoms with Gasteiger partial charge in [-0.3, -0.25) is 0 Å². The Morgan fingerprint density at radius 3 is 2.50 bits per heavy atom. The molecule has 0 spiro atoms. The van der Waals surface area contributed by atoms with Crippen molar-refractivity contribution >= 4 is 23.4 Å². The highest BCUT2D eigenvalue weighted by molar-refractivity contribution is 7.98. The van der Waals surface area contributed by atoms with Crippen LogP contribution in [0.5, 0.6) is 0 Å². The van der Waals surface area contributed by atoms with Gasteiger partial charge >= 0.3 is 0 Å². The van der Waals surface area contributed by atoms with E-state index in [2.05, 4.69) is 37.7 Å². The molecule has 1 saturated heterocycles. The molecule has 6 nitrogen and oxygen atoms in total. The van der Waals surface area contributed by atoms with E-state index in [1.807, 2.05) is 12.5 Å². The molecule has 2 aromatic rings. The molecule has 4 rings (SSSR count). The van der Waals surface area contributed by atoms with Gasteiger partial charge in [0.15, 0.2) is 5.16 Å². The number of nitrogens with zero attached hydrogens (tertiary/aromatic N) is 6. The summed E-state index contributed by atoms with van der Waals surface area (Å²) in [4.78, 5) is 22.7. The molecule has 1 saturated carbocycles. The lowest BCUT2D eigenvalue weighted by atomic mass is 10.2. The first-order valence-electron chi connectivity index (χ1n) is 8.44. The van der Waals surface area contributed by atoms with Crippen molar-refractivity contribution in [2.45, 2.75) is 30.8 Å². The Morgan fingerprint density at radius 1 is 1.08 bits per heavy atom. The van der Waals surface area contributed by atoms with E-state index >= 15 is 0 Å². The Kier molecular flexibility index (Phi) is 4.26. The highest BCUT2D eigenvalue weighted by Gasteiger charge is 2.28. The fourth-order valence-corrected chi connectivity index (χ4v) is 3.52. The number of thioether (sulfide) groups is 1. The number of hydrogen-bond acceptors (Lipinski definition) is 7. The standard InChI is InChI=1S/C17H22N6S/c1-12-10-18-11-19-16(12)23-7-5-22(6-8-23)15-9-14(13-3-4-13)20-17(21-15)24-2/h9-11,13H,3-8H2,1-2H3. The molecule has 2 aromatic heterocycles. The SMILES string of the molecule is CSc1nc(C2CC2)cc(N2CCN(c3ncncc3C)CC2)n1. The Labute approximate surface area is 146 Å². The fraction of sp³-hybridized carbons (Fsp3) is 0.529. The van der Waals surface area contributed by atoms with Crippen LogP contribution in [0, 0.1) is 6.92 Å². The zero-order valence-electron chi connectivity index (χ0n) is 14.1. The summed E-state index contributed by atoms with van der Waals surface area (Å²) in [5, 5.41) is 0.892. The molecule has 0 aromatic carbocycles. The molecule has 3 heterocycles. The van der Waals surface area contributed by atoms with Crippen LogP contribution in [-0.4, -0.2) is 52.4 Å². The normalized spacial score (nSPS) is 18.1. The van der Waals surface area contributed by atoms with Crippen LogP contribution in [0.15, 0.2) is 23.7 Å². The molecular formula is C17H22N6S. The van der Waals surface area contributed by atoms with E-state index in [1.54, 1.807) is 18.1 Å². The van der Waals surface area contributed by atoms with Gasteiger partial charge in [-0.25, -0.2) is 19.9 Å². The molecule has 24 heavy (non-hydrogen) atoms. The number of aryl methyl sites for hydroxylation is 1. The van der Waals surface area contributed by atoms with E-state index < -0.39 is 0 Å². The lowest BCUT2D eigenvalue weighted by Gasteiger charge is -2.36.